The molecule has 1 amide bonds. The number of carbonyl (C=O) groups excluding carboxylic acids is 1. The average molecular weight is 654 g/mol. The second-order valence-corrected chi connectivity index (χ2v) is 10.9. The zero-order valence-corrected chi connectivity index (χ0v) is 25.6. The third-order valence-corrected chi connectivity index (χ3v) is 7.99. The quantitative estimate of drug-likeness (QED) is 0.0987. The van der Waals surface area contributed by atoms with Crippen LogP contribution in [-0.4, -0.2) is 36.9 Å². The number of carboxylic acids is 1. The molecule has 5 heterocycles. The largest absolute Gasteiger partial charge is 0.478 e. The van der Waals surface area contributed by atoms with Gasteiger partial charge in [0.1, 0.15) is 11.8 Å². The molecule has 0 unspecified atom stereocenters. The predicted molar refractivity (Wildman–Crippen MR) is 182 cm³/mol. The van der Waals surface area contributed by atoms with Crippen molar-refractivity contribution in [1.29, 1.82) is 0 Å². The van der Waals surface area contributed by atoms with Crippen LogP contribution in [0.4, 0.5) is 0 Å². The number of hydrogen-bond acceptors (Lipinski definition) is 6. The van der Waals surface area contributed by atoms with E-state index in [9.17, 15) is 14.7 Å². The average Bonchev–Trinajstić information content (AvgIpc) is 3.73. The van der Waals surface area contributed by atoms with E-state index >= 15 is 0 Å². The molecule has 0 bridgehead atoms. The number of halogens is 2. The van der Waals surface area contributed by atoms with Gasteiger partial charge in [0, 0.05) is 45.0 Å². The first-order valence-electron chi connectivity index (χ1n) is 14.0. The van der Waals surface area contributed by atoms with Crippen molar-refractivity contribution in [2.24, 2.45) is 5.90 Å². The van der Waals surface area contributed by atoms with Crippen LogP contribution in [0.3, 0.4) is 0 Å². The van der Waals surface area contributed by atoms with E-state index in [4.69, 9.17) is 17.5 Å². The molecule has 0 aliphatic carbocycles. The fourth-order valence-corrected chi connectivity index (χ4v) is 5.88. The molecule has 10 nitrogen and oxygen atoms in total. The Balaban J connectivity index is 0.000000170. The zero-order valence-electron chi connectivity index (χ0n) is 24.0. The summed E-state index contributed by atoms with van der Waals surface area (Å²) in [6.45, 7) is 0.453. The number of fused-ring (bicyclic) bond motifs is 8. The second kappa shape index (κ2) is 12.6. The van der Waals surface area contributed by atoms with Crippen molar-refractivity contribution < 1.29 is 19.5 Å². The molecule has 0 fully saturated rings. The van der Waals surface area contributed by atoms with Gasteiger partial charge in [-0.3, -0.25) is 9.63 Å². The number of nitrogens with two attached hydrogens (primary N) is 1. The van der Waals surface area contributed by atoms with Crippen LogP contribution in [0, 0.1) is 0 Å². The van der Waals surface area contributed by atoms with Crippen LogP contribution < -0.4 is 11.2 Å². The monoisotopic (exact) mass is 652 g/mol. The van der Waals surface area contributed by atoms with Gasteiger partial charge in [0.05, 0.1) is 40.1 Å². The number of aromatic amines is 2. The lowest BCUT2D eigenvalue weighted by molar-refractivity contribution is 0.0689. The van der Waals surface area contributed by atoms with Gasteiger partial charge < -0.3 is 20.4 Å². The number of rotatable bonds is 5. The lowest BCUT2D eigenvalue weighted by Crippen LogP contribution is -2.13. The van der Waals surface area contributed by atoms with E-state index < -0.39 is 5.97 Å². The maximum absolute atomic E-state index is 11.8. The highest BCUT2D eigenvalue weighted by molar-refractivity contribution is 6.30. The van der Waals surface area contributed by atoms with Crippen molar-refractivity contribution in [3.63, 3.8) is 0 Å². The predicted octanol–water partition coefficient (Wildman–Crippen LogP) is 7.01. The van der Waals surface area contributed by atoms with Gasteiger partial charge in [-0.1, -0.05) is 72.3 Å². The molecule has 6 N–H and O–H groups in total. The molecular formula is C34H26Cl2N6O4. The number of amides is 1. The van der Waals surface area contributed by atoms with Crippen LogP contribution >= 0.6 is 24.0 Å². The van der Waals surface area contributed by atoms with Crippen LogP contribution in [0.5, 0.6) is 0 Å². The number of nitrogens with zero attached hydrogens (tertiary/aromatic N) is 2. The highest BCUT2D eigenvalue weighted by Crippen LogP contribution is 2.33. The number of pyridine rings is 2. The van der Waals surface area contributed by atoms with Crippen LogP contribution in [0.1, 0.15) is 43.4 Å². The summed E-state index contributed by atoms with van der Waals surface area (Å²) in [5.41, 5.74) is 5.43. The highest BCUT2D eigenvalue weighted by Gasteiger charge is 2.26. The Morgan fingerprint density at radius 2 is 1.61 bits per heavy atom. The summed E-state index contributed by atoms with van der Waals surface area (Å²) < 4.78 is 0. The first-order chi connectivity index (χ1) is 21.9. The topological polar surface area (TPSA) is 159 Å². The molecule has 1 aliphatic heterocycles. The third kappa shape index (κ3) is 5.55. The standard InChI is InChI=1S/C21H17N3O3.C13H8ClN3O.ClH/c22-27-12-18-19(21(25)26)16-9-7-14-11-23-15(10-17(14)20(16)24-18)8-6-13-4-2-1-3-5-13;14-10-3-8-6(4-15-10)1-2-7-11-9(17-12(7)8)5-16-13(11)18;/h1-11,23H,12,22H2,(H,25,26);1-4,15H,5H2,(H,16,18);1H/b8-6+;;. The maximum Gasteiger partial charge on any atom is 0.338 e. The Morgan fingerprint density at radius 3 is 2.35 bits per heavy atom. The van der Waals surface area contributed by atoms with Crippen molar-refractivity contribution in [2.75, 3.05) is 0 Å². The number of aromatic carboxylic acids is 1. The minimum Gasteiger partial charge on any atom is -0.478 e. The van der Waals surface area contributed by atoms with E-state index in [-0.39, 0.29) is 30.5 Å². The van der Waals surface area contributed by atoms with Gasteiger partial charge in [0.2, 0.25) is 0 Å². The number of nitrogens with one attached hydrogen (secondary N) is 3. The van der Waals surface area contributed by atoms with Crippen molar-refractivity contribution in [3.8, 4) is 0 Å². The molecule has 0 spiro atoms. The van der Waals surface area contributed by atoms with Crippen molar-refractivity contribution in [2.45, 2.75) is 13.2 Å². The van der Waals surface area contributed by atoms with E-state index in [0.717, 1.165) is 49.4 Å². The van der Waals surface area contributed by atoms with Crippen molar-refractivity contribution >= 4 is 91.4 Å². The molecule has 0 atom stereocenters. The zero-order chi connectivity index (χ0) is 31.1. The van der Waals surface area contributed by atoms with E-state index in [0.29, 0.717) is 33.9 Å². The molecule has 4 aromatic heterocycles. The first kappa shape index (κ1) is 30.8. The molecule has 230 valence electrons. The van der Waals surface area contributed by atoms with Gasteiger partial charge >= 0.3 is 5.97 Å². The molecule has 0 saturated heterocycles. The Bertz CT molecular complexity index is 2310. The summed E-state index contributed by atoms with van der Waals surface area (Å²) in [5, 5.41) is 18.2. The molecule has 12 heteroatoms. The van der Waals surface area contributed by atoms with E-state index in [2.05, 4.69) is 30.1 Å². The fourth-order valence-electron chi connectivity index (χ4n) is 5.71. The second-order valence-electron chi connectivity index (χ2n) is 10.5. The molecule has 0 radical (unpaired) electrons. The van der Waals surface area contributed by atoms with Crippen LogP contribution in [0.25, 0.3) is 55.5 Å². The Morgan fingerprint density at radius 1 is 0.913 bits per heavy atom. The summed E-state index contributed by atoms with van der Waals surface area (Å²) in [5.74, 6) is 4.05. The molecule has 46 heavy (non-hydrogen) atoms. The van der Waals surface area contributed by atoms with Crippen molar-refractivity contribution in [3.05, 3.63) is 118 Å². The summed E-state index contributed by atoms with van der Waals surface area (Å²) in [6.07, 6.45) is 7.70. The summed E-state index contributed by atoms with van der Waals surface area (Å²) in [6, 6.07) is 21.3. The number of carbonyl (C=O) groups is 2. The van der Waals surface area contributed by atoms with Crippen LogP contribution in [0.2, 0.25) is 5.15 Å². The molecule has 7 aromatic rings. The van der Waals surface area contributed by atoms with Gasteiger partial charge in [-0.15, -0.1) is 12.4 Å². The number of benzene rings is 3. The smallest absolute Gasteiger partial charge is 0.338 e. The number of hydrogen-bond donors (Lipinski definition) is 5. The third-order valence-electron chi connectivity index (χ3n) is 7.77. The first-order valence-corrected chi connectivity index (χ1v) is 14.4. The minimum atomic E-state index is -1.05. The van der Waals surface area contributed by atoms with Crippen LogP contribution in [0.15, 0.2) is 79.1 Å². The highest BCUT2D eigenvalue weighted by atomic mass is 35.5. The number of H-pyrrole nitrogens is 2. The molecule has 0 saturated carbocycles. The van der Waals surface area contributed by atoms with Gasteiger partial charge in [-0.2, -0.15) is 0 Å². The van der Waals surface area contributed by atoms with E-state index in [1.165, 1.54) is 0 Å². The summed E-state index contributed by atoms with van der Waals surface area (Å²) >= 11 is 5.98. The number of aromatic nitrogens is 4. The van der Waals surface area contributed by atoms with Gasteiger partial charge in [-0.25, -0.2) is 20.7 Å². The summed E-state index contributed by atoms with van der Waals surface area (Å²) in [7, 11) is 0. The van der Waals surface area contributed by atoms with Gasteiger partial charge in [0.25, 0.3) is 5.91 Å². The lowest BCUT2D eigenvalue weighted by Gasteiger charge is -2.03. The normalized spacial score (nSPS) is 12.3. The molecule has 1 aliphatic rings. The maximum atomic E-state index is 11.8. The van der Waals surface area contributed by atoms with Gasteiger partial charge in [0.15, 0.2) is 0 Å². The fraction of sp³-hybridized carbons (Fsp3) is 0.0588. The molecule has 3 aromatic carbocycles. The summed E-state index contributed by atoms with van der Waals surface area (Å²) in [4.78, 5) is 43.3. The minimum absolute atomic E-state index is 0. The van der Waals surface area contributed by atoms with E-state index in [1.54, 1.807) is 6.07 Å². The van der Waals surface area contributed by atoms with E-state index in [1.807, 2.05) is 85.2 Å². The Hall–Kier alpha value is -5.26. The molecular weight excluding hydrogens is 627 g/mol. The SMILES string of the molecule is Cl.NOCc1nc2c(ccc3c[nH]c(/C=C/c4ccccc4)cc32)c1C(=O)O.O=C1NCc2nc3c(ccc4c[nH]c(Cl)cc43)c21. The molecule has 8 rings (SSSR count). The Labute approximate surface area is 272 Å². The Kier molecular flexibility index (Phi) is 8.44. The van der Waals surface area contributed by atoms with Crippen molar-refractivity contribution in [1.82, 2.24) is 25.3 Å². The van der Waals surface area contributed by atoms with Gasteiger partial charge in [-0.05, 0) is 29.2 Å². The van der Waals surface area contributed by atoms with Crippen LogP contribution in [-0.2, 0) is 18.0 Å². The number of carboxylic acid groups (broad SMARTS) is 1. The lowest BCUT2D eigenvalue weighted by atomic mass is 10.1.